The van der Waals surface area contributed by atoms with Crippen molar-refractivity contribution in [2.75, 3.05) is 4.72 Å². The highest BCUT2D eigenvalue weighted by Gasteiger charge is 2.18. The van der Waals surface area contributed by atoms with E-state index in [-0.39, 0.29) is 21.2 Å². The molecule has 0 amide bonds. The van der Waals surface area contributed by atoms with Crippen molar-refractivity contribution in [2.45, 2.75) is 4.90 Å². The summed E-state index contributed by atoms with van der Waals surface area (Å²) in [5, 5.41) is 8.68. The van der Waals surface area contributed by atoms with Crippen LogP contribution in [0, 0.1) is 11.3 Å². The van der Waals surface area contributed by atoms with Gasteiger partial charge in [-0.1, -0.05) is 11.6 Å². The lowest BCUT2D eigenvalue weighted by Gasteiger charge is -2.08. The van der Waals surface area contributed by atoms with Crippen LogP contribution in [0.3, 0.4) is 0 Å². The van der Waals surface area contributed by atoms with Crippen molar-refractivity contribution in [1.29, 1.82) is 5.26 Å². The van der Waals surface area contributed by atoms with Gasteiger partial charge in [0.15, 0.2) is 0 Å². The van der Waals surface area contributed by atoms with Gasteiger partial charge in [0.2, 0.25) is 0 Å². The number of halogens is 1. The lowest BCUT2D eigenvalue weighted by atomic mass is 10.2. The Balaban J connectivity index is 2.38. The van der Waals surface area contributed by atoms with Crippen LogP contribution in [0.15, 0.2) is 41.8 Å². The van der Waals surface area contributed by atoms with E-state index in [2.05, 4.69) is 14.7 Å². The van der Waals surface area contributed by atoms with E-state index >= 15 is 0 Å². The van der Waals surface area contributed by atoms with E-state index in [1.807, 2.05) is 6.07 Å². The van der Waals surface area contributed by atoms with Crippen LogP contribution in [0.25, 0.3) is 0 Å². The zero-order chi connectivity index (χ0) is 13.9. The standard InChI is InChI=1S/C11H7ClN4O2S/c12-10-3-8(4-13)1-2-11(10)19(17,18)16-9-5-14-7-15-6-9/h1-3,5-7,16H. The van der Waals surface area contributed by atoms with Gasteiger partial charge in [-0.3, -0.25) is 4.72 Å². The molecule has 0 radical (unpaired) electrons. The molecule has 1 aromatic heterocycles. The maximum Gasteiger partial charge on any atom is 0.263 e. The van der Waals surface area contributed by atoms with E-state index in [1.54, 1.807) is 0 Å². The van der Waals surface area contributed by atoms with Crippen molar-refractivity contribution in [3.8, 4) is 6.07 Å². The van der Waals surface area contributed by atoms with Crippen molar-refractivity contribution in [1.82, 2.24) is 9.97 Å². The predicted molar refractivity (Wildman–Crippen MR) is 69.0 cm³/mol. The molecule has 0 aliphatic rings. The minimum absolute atomic E-state index is 0.0246. The Morgan fingerprint density at radius 3 is 2.53 bits per heavy atom. The molecule has 8 heteroatoms. The molecular formula is C11H7ClN4O2S. The highest BCUT2D eigenvalue weighted by molar-refractivity contribution is 7.92. The van der Waals surface area contributed by atoms with Crippen molar-refractivity contribution < 1.29 is 8.42 Å². The van der Waals surface area contributed by atoms with E-state index in [4.69, 9.17) is 16.9 Å². The molecule has 6 nitrogen and oxygen atoms in total. The smallest absolute Gasteiger partial charge is 0.263 e. The number of nitriles is 1. The van der Waals surface area contributed by atoms with Crippen LogP contribution in [0.5, 0.6) is 0 Å². The van der Waals surface area contributed by atoms with Crippen LogP contribution in [0.1, 0.15) is 5.56 Å². The molecule has 0 atom stereocenters. The van der Waals surface area contributed by atoms with E-state index in [9.17, 15) is 8.42 Å². The Labute approximate surface area is 114 Å². The molecule has 19 heavy (non-hydrogen) atoms. The van der Waals surface area contributed by atoms with Gasteiger partial charge >= 0.3 is 0 Å². The van der Waals surface area contributed by atoms with Crippen molar-refractivity contribution in [3.05, 3.63) is 47.5 Å². The first-order chi connectivity index (χ1) is 9.03. The number of hydrogen-bond acceptors (Lipinski definition) is 5. The molecular weight excluding hydrogens is 288 g/mol. The SMILES string of the molecule is N#Cc1ccc(S(=O)(=O)Nc2cncnc2)c(Cl)c1. The number of nitrogens with one attached hydrogen (secondary N) is 1. The van der Waals surface area contributed by atoms with Gasteiger partial charge in [0.05, 0.1) is 34.7 Å². The molecule has 0 aliphatic carbocycles. The molecule has 96 valence electrons. The average Bonchev–Trinajstić information content (AvgIpc) is 2.38. The second-order valence-electron chi connectivity index (χ2n) is 3.49. The van der Waals surface area contributed by atoms with Gasteiger partial charge in [0.1, 0.15) is 11.2 Å². The summed E-state index contributed by atoms with van der Waals surface area (Å²) in [7, 11) is -3.84. The summed E-state index contributed by atoms with van der Waals surface area (Å²) in [5.41, 5.74) is 0.509. The maximum atomic E-state index is 12.1. The van der Waals surface area contributed by atoms with E-state index in [1.165, 1.54) is 36.9 Å². The van der Waals surface area contributed by atoms with E-state index in [0.717, 1.165) is 0 Å². The van der Waals surface area contributed by atoms with Crippen LogP contribution >= 0.6 is 11.6 Å². The molecule has 0 unspecified atom stereocenters. The third-order valence-corrected chi connectivity index (χ3v) is 4.03. The highest BCUT2D eigenvalue weighted by Crippen LogP contribution is 2.24. The summed E-state index contributed by atoms with van der Waals surface area (Å²) in [6.45, 7) is 0. The predicted octanol–water partition coefficient (Wildman–Crippen LogP) is 1.80. The lowest BCUT2D eigenvalue weighted by molar-refractivity contribution is 0.601. The summed E-state index contributed by atoms with van der Waals surface area (Å²) in [6, 6.07) is 5.81. The largest absolute Gasteiger partial charge is 0.276 e. The molecule has 2 rings (SSSR count). The molecule has 1 N–H and O–H groups in total. The number of rotatable bonds is 3. The number of sulfonamides is 1. The summed E-state index contributed by atoms with van der Waals surface area (Å²) in [5.74, 6) is 0. The Kier molecular flexibility index (Phi) is 3.64. The second-order valence-corrected chi connectivity index (χ2v) is 5.55. The van der Waals surface area contributed by atoms with E-state index in [0.29, 0.717) is 0 Å². The summed E-state index contributed by atoms with van der Waals surface area (Å²) < 4.78 is 26.5. The number of hydrogen-bond donors (Lipinski definition) is 1. The summed E-state index contributed by atoms with van der Waals surface area (Å²) in [6.07, 6.45) is 3.93. The molecule has 0 saturated heterocycles. The molecule has 0 bridgehead atoms. The minimum Gasteiger partial charge on any atom is -0.276 e. The molecule has 2 aromatic rings. The molecule has 0 spiro atoms. The summed E-state index contributed by atoms with van der Waals surface area (Å²) >= 11 is 5.86. The Morgan fingerprint density at radius 1 is 1.26 bits per heavy atom. The fourth-order valence-electron chi connectivity index (χ4n) is 1.35. The van der Waals surface area contributed by atoms with Crippen LogP contribution in [0.4, 0.5) is 5.69 Å². The normalized spacial score (nSPS) is 10.7. The molecule has 0 fully saturated rings. The van der Waals surface area contributed by atoms with Crippen LogP contribution in [0.2, 0.25) is 5.02 Å². The Hall–Kier alpha value is -2.17. The van der Waals surface area contributed by atoms with Crippen molar-refractivity contribution in [2.24, 2.45) is 0 Å². The van der Waals surface area contributed by atoms with Crippen LogP contribution < -0.4 is 4.72 Å². The van der Waals surface area contributed by atoms with Gasteiger partial charge in [-0.2, -0.15) is 5.26 Å². The minimum atomic E-state index is -3.84. The number of benzene rings is 1. The van der Waals surface area contributed by atoms with Gasteiger partial charge in [-0.15, -0.1) is 0 Å². The molecule has 1 aromatic carbocycles. The molecule has 1 heterocycles. The fourth-order valence-corrected chi connectivity index (χ4v) is 2.92. The molecule has 0 aliphatic heterocycles. The lowest BCUT2D eigenvalue weighted by Crippen LogP contribution is -2.13. The van der Waals surface area contributed by atoms with Gasteiger partial charge in [-0.05, 0) is 18.2 Å². The third-order valence-electron chi connectivity index (χ3n) is 2.16. The van der Waals surface area contributed by atoms with Gasteiger partial charge in [-0.25, -0.2) is 18.4 Å². The zero-order valence-corrected chi connectivity index (χ0v) is 11.0. The van der Waals surface area contributed by atoms with Crippen LogP contribution in [-0.4, -0.2) is 18.4 Å². The van der Waals surface area contributed by atoms with Gasteiger partial charge < -0.3 is 0 Å². The van der Waals surface area contributed by atoms with Gasteiger partial charge in [0.25, 0.3) is 10.0 Å². The van der Waals surface area contributed by atoms with E-state index < -0.39 is 10.0 Å². The summed E-state index contributed by atoms with van der Waals surface area (Å²) in [4.78, 5) is 7.28. The second kappa shape index (κ2) is 5.22. The maximum absolute atomic E-state index is 12.1. The number of nitrogens with zero attached hydrogens (tertiary/aromatic N) is 3. The highest BCUT2D eigenvalue weighted by atomic mass is 35.5. The third kappa shape index (κ3) is 2.99. The molecule has 0 saturated carbocycles. The number of aromatic nitrogens is 2. The topological polar surface area (TPSA) is 95.7 Å². The Bertz CT molecular complexity index is 741. The first-order valence-electron chi connectivity index (χ1n) is 5.00. The van der Waals surface area contributed by atoms with Crippen molar-refractivity contribution >= 4 is 27.3 Å². The first-order valence-corrected chi connectivity index (χ1v) is 6.86. The van der Waals surface area contributed by atoms with Crippen molar-refractivity contribution in [3.63, 3.8) is 0 Å². The monoisotopic (exact) mass is 294 g/mol. The average molecular weight is 295 g/mol. The Morgan fingerprint density at radius 2 is 1.95 bits per heavy atom. The quantitative estimate of drug-likeness (QED) is 0.931. The first kappa shape index (κ1) is 13.3. The van der Waals surface area contributed by atoms with Gasteiger partial charge in [0, 0.05) is 0 Å². The zero-order valence-electron chi connectivity index (χ0n) is 9.41. The fraction of sp³-hybridized carbons (Fsp3) is 0. The number of anilines is 1. The van der Waals surface area contributed by atoms with Crippen LogP contribution in [-0.2, 0) is 10.0 Å².